The fraction of sp³-hybridized carbons (Fsp3) is 0.222. The highest BCUT2D eigenvalue weighted by atomic mass is 16.6. The Morgan fingerprint density at radius 2 is 1.48 bits per heavy atom. The summed E-state index contributed by atoms with van der Waals surface area (Å²) in [5.41, 5.74) is 1.33. The molecule has 2 aromatic carbocycles. The molecule has 0 aliphatic heterocycles. The van der Waals surface area contributed by atoms with E-state index in [1.165, 1.54) is 24.3 Å². The highest BCUT2D eigenvalue weighted by molar-refractivity contribution is 6.04. The molecule has 0 aliphatic rings. The number of rotatable bonds is 6. The summed E-state index contributed by atoms with van der Waals surface area (Å²) in [7, 11) is 0. The highest BCUT2D eigenvalue weighted by Crippen LogP contribution is 2.15. The van der Waals surface area contributed by atoms with Crippen molar-refractivity contribution in [3.63, 3.8) is 0 Å². The predicted molar refractivity (Wildman–Crippen MR) is 94.7 cm³/mol. The third-order valence-corrected chi connectivity index (χ3v) is 3.78. The van der Waals surface area contributed by atoms with E-state index in [2.05, 4.69) is 5.32 Å². The quantitative estimate of drug-likeness (QED) is 0.644. The SMILES string of the molecule is CCN(CC)C(=O)c1ccc(NC(=O)c2ccc([N+](=O)[O-])cc2)cc1. The van der Waals surface area contributed by atoms with Crippen LogP contribution in [0.1, 0.15) is 34.6 Å². The molecule has 25 heavy (non-hydrogen) atoms. The lowest BCUT2D eigenvalue weighted by molar-refractivity contribution is -0.384. The minimum absolute atomic E-state index is 0.0572. The van der Waals surface area contributed by atoms with Gasteiger partial charge in [-0.2, -0.15) is 0 Å². The fourth-order valence-corrected chi connectivity index (χ4v) is 2.33. The monoisotopic (exact) mass is 341 g/mol. The van der Waals surface area contributed by atoms with Gasteiger partial charge in [0.1, 0.15) is 0 Å². The summed E-state index contributed by atoms with van der Waals surface area (Å²) in [6, 6.07) is 12.0. The van der Waals surface area contributed by atoms with Crippen LogP contribution in [0, 0.1) is 10.1 Å². The smallest absolute Gasteiger partial charge is 0.269 e. The molecule has 0 saturated carbocycles. The molecular weight excluding hydrogens is 322 g/mol. The Morgan fingerprint density at radius 3 is 1.96 bits per heavy atom. The van der Waals surface area contributed by atoms with Crippen LogP contribution in [-0.4, -0.2) is 34.7 Å². The molecule has 0 radical (unpaired) electrons. The van der Waals surface area contributed by atoms with Gasteiger partial charge in [0.25, 0.3) is 17.5 Å². The van der Waals surface area contributed by atoms with Crippen LogP contribution in [0.5, 0.6) is 0 Å². The van der Waals surface area contributed by atoms with Gasteiger partial charge in [-0.05, 0) is 50.2 Å². The van der Waals surface area contributed by atoms with Crippen molar-refractivity contribution in [1.82, 2.24) is 4.90 Å². The molecule has 0 atom stereocenters. The van der Waals surface area contributed by atoms with E-state index in [1.807, 2.05) is 13.8 Å². The van der Waals surface area contributed by atoms with Crippen molar-refractivity contribution in [3.05, 3.63) is 69.8 Å². The van der Waals surface area contributed by atoms with Crippen LogP contribution in [0.15, 0.2) is 48.5 Å². The van der Waals surface area contributed by atoms with Crippen LogP contribution >= 0.6 is 0 Å². The second kappa shape index (κ2) is 8.05. The zero-order valence-electron chi connectivity index (χ0n) is 14.1. The summed E-state index contributed by atoms with van der Waals surface area (Å²) in [5, 5.41) is 13.3. The first kappa shape index (κ1) is 18.1. The van der Waals surface area contributed by atoms with Gasteiger partial charge in [-0.3, -0.25) is 19.7 Å². The van der Waals surface area contributed by atoms with Crippen LogP contribution in [0.2, 0.25) is 0 Å². The number of nitro benzene ring substituents is 1. The molecule has 0 saturated heterocycles. The Bertz CT molecular complexity index is 766. The number of anilines is 1. The molecule has 2 aromatic rings. The average Bonchev–Trinajstić information content (AvgIpc) is 2.63. The largest absolute Gasteiger partial charge is 0.339 e. The number of benzene rings is 2. The Hall–Kier alpha value is -3.22. The standard InChI is InChI=1S/C18H19N3O4/c1-3-20(4-2)18(23)14-5-9-15(10-6-14)19-17(22)13-7-11-16(12-8-13)21(24)25/h5-12H,3-4H2,1-2H3,(H,19,22). The number of nitrogens with one attached hydrogen (secondary N) is 1. The highest BCUT2D eigenvalue weighted by Gasteiger charge is 2.13. The van der Waals surface area contributed by atoms with Gasteiger partial charge in [0, 0.05) is 42.0 Å². The van der Waals surface area contributed by atoms with Gasteiger partial charge in [0.15, 0.2) is 0 Å². The van der Waals surface area contributed by atoms with E-state index in [0.29, 0.717) is 29.9 Å². The first-order valence-corrected chi connectivity index (χ1v) is 7.91. The van der Waals surface area contributed by atoms with Crippen LogP contribution in [0.25, 0.3) is 0 Å². The van der Waals surface area contributed by atoms with E-state index >= 15 is 0 Å². The lowest BCUT2D eigenvalue weighted by Gasteiger charge is -2.18. The first-order chi connectivity index (χ1) is 12.0. The molecule has 7 nitrogen and oxygen atoms in total. The molecule has 0 unspecified atom stereocenters. The van der Waals surface area contributed by atoms with E-state index in [9.17, 15) is 19.7 Å². The number of non-ortho nitro benzene ring substituents is 1. The van der Waals surface area contributed by atoms with Gasteiger partial charge in [-0.15, -0.1) is 0 Å². The Balaban J connectivity index is 2.06. The summed E-state index contributed by atoms with van der Waals surface area (Å²) in [6.45, 7) is 5.10. The van der Waals surface area contributed by atoms with Crippen molar-refractivity contribution in [2.45, 2.75) is 13.8 Å². The predicted octanol–water partition coefficient (Wildman–Crippen LogP) is 3.33. The number of carbonyl (C=O) groups is 2. The van der Waals surface area contributed by atoms with Gasteiger partial charge >= 0.3 is 0 Å². The molecule has 0 heterocycles. The second-order valence-corrected chi connectivity index (χ2v) is 5.31. The van der Waals surface area contributed by atoms with Crippen molar-refractivity contribution in [2.75, 3.05) is 18.4 Å². The van der Waals surface area contributed by atoms with Crippen molar-refractivity contribution in [2.24, 2.45) is 0 Å². The normalized spacial score (nSPS) is 10.2. The maximum atomic E-state index is 12.2. The van der Waals surface area contributed by atoms with E-state index in [0.717, 1.165) is 0 Å². The van der Waals surface area contributed by atoms with Crippen molar-refractivity contribution >= 4 is 23.2 Å². The van der Waals surface area contributed by atoms with E-state index in [1.54, 1.807) is 29.2 Å². The molecule has 130 valence electrons. The topological polar surface area (TPSA) is 92.6 Å². The number of carbonyl (C=O) groups excluding carboxylic acids is 2. The van der Waals surface area contributed by atoms with Gasteiger partial charge in [0.05, 0.1) is 4.92 Å². The lowest BCUT2D eigenvalue weighted by Crippen LogP contribution is -2.30. The van der Waals surface area contributed by atoms with E-state index in [-0.39, 0.29) is 17.5 Å². The van der Waals surface area contributed by atoms with Gasteiger partial charge < -0.3 is 10.2 Å². The lowest BCUT2D eigenvalue weighted by atomic mass is 10.1. The molecule has 1 N–H and O–H groups in total. The summed E-state index contributed by atoms with van der Waals surface area (Å²) in [5.74, 6) is -0.434. The van der Waals surface area contributed by atoms with Crippen molar-refractivity contribution < 1.29 is 14.5 Å². The Morgan fingerprint density at radius 1 is 0.960 bits per heavy atom. The molecular formula is C18H19N3O4. The van der Waals surface area contributed by atoms with E-state index < -0.39 is 4.92 Å². The fourth-order valence-electron chi connectivity index (χ4n) is 2.33. The summed E-state index contributed by atoms with van der Waals surface area (Å²) in [6.07, 6.45) is 0. The zero-order valence-corrected chi connectivity index (χ0v) is 14.1. The first-order valence-electron chi connectivity index (χ1n) is 7.91. The zero-order chi connectivity index (χ0) is 18.4. The van der Waals surface area contributed by atoms with Crippen LogP contribution in [0.3, 0.4) is 0 Å². The van der Waals surface area contributed by atoms with Crippen LogP contribution < -0.4 is 5.32 Å². The summed E-state index contributed by atoms with van der Waals surface area (Å²) in [4.78, 5) is 36.2. The average molecular weight is 341 g/mol. The molecule has 2 rings (SSSR count). The van der Waals surface area contributed by atoms with Gasteiger partial charge in [-0.1, -0.05) is 0 Å². The van der Waals surface area contributed by atoms with Gasteiger partial charge in [0.2, 0.25) is 0 Å². The second-order valence-electron chi connectivity index (χ2n) is 5.31. The van der Waals surface area contributed by atoms with Crippen molar-refractivity contribution in [3.8, 4) is 0 Å². The molecule has 0 bridgehead atoms. The maximum absolute atomic E-state index is 12.2. The minimum Gasteiger partial charge on any atom is -0.339 e. The minimum atomic E-state index is -0.521. The molecule has 0 fully saturated rings. The number of nitro groups is 1. The third kappa shape index (κ3) is 4.41. The number of amides is 2. The molecule has 0 aliphatic carbocycles. The summed E-state index contributed by atoms with van der Waals surface area (Å²) >= 11 is 0. The van der Waals surface area contributed by atoms with Crippen LogP contribution in [0.4, 0.5) is 11.4 Å². The molecule has 7 heteroatoms. The number of nitrogens with zero attached hydrogens (tertiary/aromatic N) is 2. The Kier molecular flexibility index (Phi) is 5.84. The summed E-state index contributed by atoms with van der Waals surface area (Å²) < 4.78 is 0. The van der Waals surface area contributed by atoms with Crippen LogP contribution in [-0.2, 0) is 0 Å². The van der Waals surface area contributed by atoms with Gasteiger partial charge in [-0.25, -0.2) is 0 Å². The third-order valence-electron chi connectivity index (χ3n) is 3.78. The van der Waals surface area contributed by atoms with Crippen molar-refractivity contribution in [1.29, 1.82) is 0 Å². The maximum Gasteiger partial charge on any atom is 0.269 e. The Labute approximate surface area is 145 Å². The number of hydrogen-bond acceptors (Lipinski definition) is 4. The number of hydrogen-bond donors (Lipinski definition) is 1. The molecule has 2 amide bonds. The molecule has 0 spiro atoms. The van der Waals surface area contributed by atoms with E-state index in [4.69, 9.17) is 0 Å². The molecule has 0 aromatic heterocycles.